The Balaban J connectivity index is 0.000000339. The molecule has 16 heteroatoms. The lowest BCUT2D eigenvalue weighted by Crippen LogP contribution is -2.50. The summed E-state index contributed by atoms with van der Waals surface area (Å²) in [7, 11) is 0. The normalized spacial score (nSPS) is 18.9. The van der Waals surface area contributed by atoms with E-state index in [9.17, 15) is 9.90 Å². The zero-order valence-electron chi connectivity index (χ0n) is 48.6. The van der Waals surface area contributed by atoms with Gasteiger partial charge >= 0.3 is 5.97 Å². The largest absolute Gasteiger partial charge is 0.465 e. The zero-order chi connectivity index (χ0) is 58.1. The fourth-order valence-electron chi connectivity index (χ4n) is 7.71. The van der Waals surface area contributed by atoms with E-state index in [1.165, 1.54) is 11.1 Å². The molecule has 2 heterocycles. The highest BCUT2D eigenvalue weighted by atomic mass is 35.5. The van der Waals surface area contributed by atoms with Crippen LogP contribution in [-0.2, 0) is 36.6 Å². The van der Waals surface area contributed by atoms with Gasteiger partial charge < -0.3 is 42.4 Å². The molecule has 12 nitrogen and oxygen atoms in total. The molecule has 0 spiro atoms. The van der Waals surface area contributed by atoms with Crippen molar-refractivity contribution < 1.29 is 19.7 Å². The number of esters is 1. The average molecular weight is 1150 g/mol. The molecule has 430 valence electrons. The van der Waals surface area contributed by atoms with Gasteiger partial charge in [0.1, 0.15) is 0 Å². The Morgan fingerprint density at radius 1 is 0.671 bits per heavy atom. The number of nitrogens with one attached hydrogen (secondary N) is 3. The van der Waals surface area contributed by atoms with Crippen LogP contribution in [0.25, 0.3) is 0 Å². The lowest BCUT2D eigenvalue weighted by atomic mass is 9.83. The number of ether oxygens (including phenoxy) is 1. The van der Waals surface area contributed by atoms with Gasteiger partial charge in [0.15, 0.2) is 20.9 Å². The zero-order valence-corrected chi connectivity index (χ0v) is 51.9. The molecule has 0 aliphatic carbocycles. The SMILES string of the molecule is CC(C)(C)NC(=S)NCC(C)(CO)c1ccccc1.CC(C)(C)NC1=NCC(C)(c2ccccc2)CS1.CC(CN)(CO)c1ccccc1.CC1(c2ccccc2)CN=C(N)SC1.CCOC(=O)C(C)(C#N)c1ccccc1.Cl. The summed E-state index contributed by atoms with van der Waals surface area (Å²) in [6.07, 6.45) is 0. The second kappa shape index (κ2) is 32.7. The predicted molar refractivity (Wildman–Crippen MR) is 342 cm³/mol. The van der Waals surface area contributed by atoms with Gasteiger partial charge in [-0.05, 0) is 95.4 Å². The first kappa shape index (κ1) is 69.7. The quantitative estimate of drug-likeness (QED) is 0.0460. The molecular weight excluding hydrogens is 1060 g/mol. The first-order valence-electron chi connectivity index (χ1n) is 26.5. The Bertz CT molecular complexity index is 2670. The number of rotatable bonds is 12. The van der Waals surface area contributed by atoms with E-state index in [-0.39, 0.29) is 65.0 Å². The first-order valence-corrected chi connectivity index (χ1v) is 28.8. The van der Waals surface area contributed by atoms with Gasteiger partial charge in [0, 0.05) is 57.3 Å². The number of carbonyl (C=O) groups excluding carboxylic acids is 1. The number of aliphatic hydroxyl groups is 2. The molecule has 0 aromatic heterocycles. The van der Waals surface area contributed by atoms with Crippen molar-refractivity contribution in [2.75, 3.05) is 57.5 Å². The summed E-state index contributed by atoms with van der Waals surface area (Å²) in [6, 6.07) is 52.0. The summed E-state index contributed by atoms with van der Waals surface area (Å²) in [5.41, 5.74) is 15.3. The van der Waals surface area contributed by atoms with Gasteiger partial charge in [0.25, 0.3) is 0 Å². The van der Waals surface area contributed by atoms with Gasteiger partial charge in [-0.15, -0.1) is 12.4 Å². The van der Waals surface area contributed by atoms with Crippen molar-refractivity contribution >= 4 is 69.6 Å². The highest BCUT2D eigenvalue weighted by molar-refractivity contribution is 8.14. The van der Waals surface area contributed by atoms with Crippen LogP contribution in [0, 0.1) is 11.3 Å². The molecule has 0 radical (unpaired) electrons. The van der Waals surface area contributed by atoms with E-state index in [4.69, 9.17) is 43.8 Å². The number of thioether (sulfide) groups is 2. The molecule has 5 aromatic carbocycles. The molecule has 2 aliphatic heterocycles. The summed E-state index contributed by atoms with van der Waals surface area (Å²) in [6.45, 7) is 27.7. The Kier molecular flexibility index (Phi) is 28.9. The molecule has 0 bridgehead atoms. The smallest absolute Gasteiger partial charge is 0.330 e. The van der Waals surface area contributed by atoms with E-state index < -0.39 is 11.4 Å². The van der Waals surface area contributed by atoms with Crippen molar-refractivity contribution in [3.05, 3.63) is 179 Å². The minimum absolute atomic E-state index is 0. The number of nitriles is 1. The third-order valence-corrected chi connectivity index (χ3v) is 15.9. The molecule has 2 aliphatic rings. The molecule has 9 N–H and O–H groups in total. The van der Waals surface area contributed by atoms with E-state index in [1.54, 1.807) is 49.9 Å². The average Bonchev–Trinajstić information content (AvgIpc) is 3.46. The fourth-order valence-corrected chi connectivity index (χ4v) is 10.2. The molecule has 79 heavy (non-hydrogen) atoms. The van der Waals surface area contributed by atoms with Crippen molar-refractivity contribution in [1.29, 1.82) is 5.26 Å². The molecule has 5 aromatic rings. The molecule has 5 unspecified atom stereocenters. The second-order valence-electron chi connectivity index (χ2n) is 22.8. The summed E-state index contributed by atoms with van der Waals surface area (Å²) < 4.78 is 4.89. The van der Waals surface area contributed by atoms with Crippen LogP contribution in [0.1, 0.15) is 111 Å². The number of halogens is 1. The van der Waals surface area contributed by atoms with Crippen molar-refractivity contribution in [1.82, 2.24) is 16.0 Å². The Morgan fingerprint density at radius 3 is 1.42 bits per heavy atom. The van der Waals surface area contributed by atoms with E-state index in [1.807, 2.05) is 104 Å². The van der Waals surface area contributed by atoms with Crippen LogP contribution in [0.4, 0.5) is 0 Å². The molecular formula is C63H89ClN8O4S3. The number of carbonyl (C=O) groups is 1. The van der Waals surface area contributed by atoms with Crippen LogP contribution in [0.5, 0.6) is 0 Å². The number of hydrogen-bond donors (Lipinski definition) is 7. The highest BCUT2D eigenvalue weighted by Gasteiger charge is 2.37. The van der Waals surface area contributed by atoms with Crippen LogP contribution >= 0.6 is 48.1 Å². The highest BCUT2D eigenvalue weighted by Crippen LogP contribution is 2.34. The number of nitrogens with two attached hydrogens (primary N) is 2. The fraction of sp³-hybridized carbons (Fsp3) is 0.444. The van der Waals surface area contributed by atoms with Crippen molar-refractivity contribution in [3.8, 4) is 6.07 Å². The summed E-state index contributed by atoms with van der Waals surface area (Å²) in [5, 5.41) is 40.2. The Hall–Kier alpha value is -5.44. The van der Waals surface area contributed by atoms with Gasteiger partial charge in [-0.2, -0.15) is 5.26 Å². The molecule has 0 amide bonds. The lowest BCUT2D eigenvalue weighted by molar-refractivity contribution is -0.147. The van der Waals surface area contributed by atoms with Crippen LogP contribution in [-0.4, -0.2) is 100 Å². The van der Waals surface area contributed by atoms with Crippen molar-refractivity contribution in [2.24, 2.45) is 21.5 Å². The predicted octanol–water partition coefficient (Wildman–Crippen LogP) is 11.0. The number of benzene rings is 5. The standard InChI is InChI=1S/C15H24N2OS.C15H22N2S.C12H13NO2.C11H14N2S.C10H15NO.ClH/c1-14(2,3)17-13(19)16-10-15(4,11-18)12-8-6-5-7-9-12;1-14(2,3)17-13-16-10-15(4,11-18-13)12-8-6-5-7-9-12;1-3-15-11(14)12(2,9-13)10-7-5-4-6-8-10;1-11(7-13-10(12)14-8-11)9-5-3-2-4-6-9;1-10(7-11,8-12)9-5-3-2-4-6-9;/h5-9,18H,10-11H2,1-4H3,(H2,16,17,19);5-9H,10-11H2,1-4H3,(H,16,17);4-8H,3H2,1-2H3;2-6H,7-8H2,1H3,(H2,12,13);2-6,12H,7-8,11H2,1H3;1H. The van der Waals surface area contributed by atoms with Crippen molar-refractivity contribution in [3.63, 3.8) is 0 Å². The van der Waals surface area contributed by atoms with Crippen LogP contribution in [0.2, 0.25) is 0 Å². The second-order valence-corrected chi connectivity index (χ2v) is 25.2. The first-order chi connectivity index (χ1) is 36.7. The third kappa shape index (κ3) is 22.9. The number of amidine groups is 2. The molecule has 0 saturated heterocycles. The third-order valence-electron chi connectivity index (χ3n) is 13.1. The minimum Gasteiger partial charge on any atom is -0.465 e. The van der Waals surface area contributed by atoms with E-state index >= 15 is 0 Å². The number of nitrogens with zero attached hydrogens (tertiary/aromatic N) is 3. The molecule has 7 rings (SSSR count). The molecule has 5 atom stereocenters. The van der Waals surface area contributed by atoms with Crippen molar-refractivity contribution in [2.45, 2.75) is 121 Å². The molecule has 0 saturated carbocycles. The number of aliphatic hydroxyl groups excluding tert-OH is 2. The Morgan fingerprint density at radius 2 is 1.08 bits per heavy atom. The van der Waals surface area contributed by atoms with Gasteiger partial charge in [0.05, 0.1) is 39.0 Å². The summed E-state index contributed by atoms with van der Waals surface area (Å²) in [4.78, 5) is 20.7. The molecule has 0 fully saturated rings. The topological polar surface area (TPSA) is 203 Å². The van der Waals surface area contributed by atoms with Crippen LogP contribution in [0.15, 0.2) is 162 Å². The van der Waals surface area contributed by atoms with E-state index in [0.29, 0.717) is 23.8 Å². The van der Waals surface area contributed by atoms with Gasteiger partial charge in [0.2, 0.25) is 0 Å². The Labute approximate surface area is 493 Å². The van der Waals surface area contributed by atoms with Gasteiger partial charge in [-0.3, -0.25) is 9.98 Å². The van der Waals surface area contributed by atoms with Gasteiger partial charge in [-0.1, -0.05) is 203 Å². The van der Waals surface area contributed by atoms with Crippen LogP contribution in [0.3, 0.4) is 0 Å². The van der Waals surface area contributed by atoms with Gasteiger partial charge in [-0.25, -0.2) is 4.79 Å². The number of thiocarbonyl (C=S) groups is 1. The minimum atomic E-state index is -1.21. The number of aliphatic imine (C=N–C) groups is 2. The maximum atomic E-state index is 11.7. The number of hydrogen-bond acceptors (Lipinski definition) is 13. The van der Waals surface area contributed by atoms with E-state index in [0.717, 1.165) is 46.1 Å². The summed E-state index contributed by atoms with van der Waals surface area (Å²) >= 11 is 8.74. The monoisotopic (exact) mass is 1150 g/mol. The van der Waals surface area contributed by atoms with Crippen LogP contribution < -0.4 is 27.4 Å². The summed E-state index contributed by atoms with van der Waals surface area (Å²) in [5.74, 6) is 1.60. The lowest BCUT2D eigenvalue weighted by Gasteiger charge is -2.34. The maximum absolute atomic E-state index is 11.7. The van der Waals surface area contributed by atoms with E-state index in [2.05, 4.69) is 131 Å². The maximum Gasteiger partial charge on any atom is 0.330 e.